The van der Waals surface area contributed by atoms with Crippen LogP contribution in [0.15, 0.2) is 47.8 Å². The van der Waals surface area contributed by atoms with Crippen LogP contribution >= 0.6 is 11.3 Å². The number of methoxy groups -OCH3 is 2. The molecule has 9 nitrogen and oxygen atoms in total. The van der Waals surface area contributed by atoms with E-state index < -0.39 is 0 Å². The maximum atomic E-state index is 13.5. The predicted octanol–water partition coefficient (Wildman–Crippen LogP) is 4.46. The summed E-state index contributed by atoms with van der Waals surface area (Å²) in [5.74, 6) is 0.946. The van der Waals surface area contributed by atoms with Gasteiger partial charge in [-0.05, 0) is 48.7 Å². The zero-order valence-electron chi connectivity index (χ0n) is 23.1. The summed E-state index contributed by atoms with van der Waals surface area (Å²) in [5.41, 5.74) is 2.49. The fraction of sp³-hybridized carbons (Fsp3) is 0.414. The van der Waals surface area contributed by atoms with E-state index in [4.69, 9.17) is 14.2 Å². The number of amides is 2. The van der Waals surface area contributed by atoms with Crippen molar-refractivity contribution in [2.24, 2.45) is 0 Å². The molecule has 3 aromatic rings. The molecule has 4 rings (SSSR count). The molecule has 0 N–H and O–H groups in total. The average Bonchev–Trinajstić information content (AvgIpc) is 3.45. The third kappa shape index (κ3) is 7.70. The Bertz CT molecular complexity index is 1280. The molecule has 1 fully saturated rings. The zero-order chi connectivity index (χ0) is 28.5. The number of carbonyl (C=O) groups excluding carboxylic acids is 2. The Morgan fingerprint density at radius 2 is 1.62 bits per heavy atom. The van der Waals surface area contributed by atoms with Crippen molar-refractivity contribution in [3.05, 3.63) is 75.5 Å². The van der Waals surface area contributed by atoms with Crippen LogP contribution in [0.1, 0.15) is 33.5 Å². The Balaban J connectivity index is 1.41. The molecule has 2 heterocycles. The van der Waals surface area contributed by atoms with Crippen LogP contribution in [0.3, 0.4) is 0 Å². The first-order valence-electron chi connectivity index (χ1n) is 13.2. The highest BCUT2D eigenvalue weighted by Gasteiger charge is 2.27. The second-order valence-electron chi connectivity index (χ2n) is 9.38. The second kappa shape index (κ2) is 14.1. The number of rotatable bonds is 11. The lowest BCUT2D eigenvalue weighted by Gasteiger charge is -2.33. The Morgan fingerprint density at radius 1 is 0.950 bits per heavy atom. The van der Waals surface area contributed by atoms with Crippen LogP contribution in [-0.2, 0) is 24.2 Å². The van der Waals surface area contributed by atoms with Gasteiger partial charge in [0.05, 0.1) is 27.4 Å². The molecule has 2 aromatic carbocycles. The van der Waals surface area contributed by atoms with Gasteiger partial charge in [-0.2, -0.15) is 0 Å². The summed E-state index contributed by atoms with van der Waals surface area (Å²) in [4.78, 5) is 35.3. The van der Waals surface area contributed by atoms with Gasteiger partial charge in [-0.3, -0.25) is 9.69 Å². The second-order valence-corrected chi connectivity index (χ2v) is 10.3. The minimum Gasteiger partial charge on any atom is -0.493 e. The van der Waals surface area contributed by atoms with E-state index in [1.54, 1.807) is 48.5 Å². The number of halogens is 1. The fourth-order valence-electron chi connectivity index (χ4n) is 4.53. The molecule has 0 saturated carbocycles. The molecule has 214 valence electrons. The van der Waals surface area contributed by atoms with Gasteiger partial charge in [0.15, 0.2) is 11.5 Å². The van der Waals surface area contributed by atoms with Crippen molar-refractivity contribution in [2.45, 2.75) is 26.4 Å². The van der Waals surface area contributed by atoms with Crippen molar-refractivity contribution in [3.8, 4) is 11.5 Å². The number of piperazine rings is 1. The summed E-state index contributed by atoms with van der Waals surface area (Å²) < 4.78 is 29.3. The number of hydrogen-bond acceptors (Lipinski definition) is 8. The van der Waals surface area contributed by atoms with Gasteiger partial charge in [0.25, 0.3) is 5.91 Å². The van der Waals surface area contributed by atoms with E-state index in [9.17, 15) is 14.0 Å². The number of thiazole rings is 1. The molecule has 0 atom stereocenters. The molecule has 1 aliphatic rings. The SMILES string of the molecule is CCOC(=O)N1CCN(C(=O)c2csc(CN(CCc3ccc(OC)c(OC)c3)Cc3ccc(F)cc3)n2)CC1. The van der Waals surface area contributed by atoms with Crippen LogP contribution in [0.2, 0.25) is 0 Å². The first kappa shape index (κ1) is 29.3. The van der Waals surface area contributed by atoms with Gasteiger partial charge in [-0.1, -0.05) is 18.2 Å². The first-order chi connectivity index (χ1) is 19.4. The highest BCUT2D eigenvalue weighted by Crippen LogP contribution is 2.28. The van der Waals surface area contributed by atoms with Crippen molar-refractivity contribution < 1.29 is 28.2 Å². The lowest BCUT2D eigenvalue weighted by molar-refractivity contribution is 0.0566. The normalized spacial score (nSPS) is 13.4. The summed E-state index contributed by atoms with van der Waals surface area (Å²) in [7, 11) is 3.22. The Labute approximate surface area is 238 Å². The van der Waals surface area contributed by atoms with E-state index in [1.807, 2.05) is 18.2 Å². The van der Waals surface area contributed by atoms with Gasteiger partial charge in [0.1, 0.15) is 16.5 Å². The van der Waals surface area contributed by atoms with Crippen LogP contribution in [0, 0.1) is 5.82 Å². The van der Waals surface area contributed by atoms with Crippen molar-refractivity contribution in [2.75, 3.05) is 53.6 Å². The molecule has 11 heteroatoms. The van der Waals surface area contributed by atoms with Crippen molar-refractivity contribution in [1.29, 1.82) is 0 Å². The largest absolute Gasteiger partial charge is 0.493 e. The number of benzene rings is 2. The third-order valence-electron chi connectivity index (χ3n) is 6.71. The maximum Gasteiger partial charge on any atom is 0.409 e. The molecule has 1 aromatic heterocycles. The summed E-state index contributed by atoms with van der Waals surface area (Å²) in [6, 6.07) is 12.4. The fourth-order valence-corrected chi connectivity index (χ4v) is 5.34. The van der Waals surface area contributed by atoms with E-state index in [-0.39, 0.29) is 17.8 Å². The molecule has 0 aliphatic carbocycles. The lowest BCUT2D eigenvalue weighted by Crippen LogP contribution is -2.50. The summed E-state index contributed by atoms with van der Waals surface area (Å²) in [6.45, 7) is 5.70. The zero-order valence-corrected chi connectivity index (χ0v) is 23.9. The maximum absolute atomic E-state index is 13.5. The highest BCUT2D eigenvalue weighted by atomic mass is 32.1. The van der Waals surface area contributed by atoms with Crippen LogP contribution < -0.4 is 9.47 Å². The molecule has 1 saturated heterocycles. The van der Waals surface area contributed by atoms with E-state index in [0.29, 0.717) is 69.6 Å². The molecule has 0 radical (unpaired) electrons. The van der Waals surface area contributed by atoms with Gasteiger partial charge in [0.2, 0.25) is 0 Å². The average molecular weight is 571 g/mol. The predicted molar refractivity (Wildman–Crippen MR) is 150 cm³/mol. The van der Waals surface area contributed by atoms with Gasteiger partial charge >= 0.3 is 6.09 Å². The monoisotopic (exact) mass is 570 g/mol. The third-order valence-corrected chi connectivity index (χ3v) is 7.54. The molecule has 40 heavy (non-hydrogen) atoms. The number of hydrogen-bond donors (Lipinski definition) is 0. The minimum absolute atomic E-state index is 0.138. The molecular formula is C29H35FN4O5S. The molecular weight excluding hydrogens is 535 g/mol. The van der Waals surface area contributed by atoms with Crippen molar-refractivity contribution >= 4 is 23.3 Å². The molecule has 0 spiro atoms. The van der Waals surface area contributed by atoms with E-state index in [1.165, 1.54) is 23.5 Å². The molecule has 0 bridgehead atoms. The van der Waals surface area contributed by atoms with Crippen LogP contribution in [0.25, 0.3) is 0 Å². The minimum atomic E-state index is -0.347. The number of aromatic nitrogens is 1. The standard InChI is InChI=1S/C29H35FN4O5S/c1-4-39-29(36)34-15-13-33(14-16-34)28(35)24-20-40-27(31-24)19-32(18-22-5-8-23(30)9-6-22)12-11-21-7-10-25(37-2)26(17-21)38-3/h5-10,17,20H,4,11-16,18-19H2,1-3H3. The molecule has 1 aliphatic heterocycles. The Hall–Kier alpha value is -3.70. The Kier molecular flexibility index (Phi) is 10.3. The van der Waals surface area contributed by atoms with E-state index >= 15 is 0 Å². The van der Waals surface area contributed by atoms with Crippen LogP contribution in [-0.4, -0.2) is 85.2 Å². The lowest BCUT2D eigenvalue weighted by atomic mass is 10.1. The summed E-state index contributed by atoms with van der Waals surface area (Å²) in [6.07, 6.45) is 0.406. The highest BCUT2D eigenvalue weighted by molar-refractivity contribution is 7.09. The molecule has 0 unspecified atom stereocenters. The van der Waals surface area contributed by atoms with Gasteiger partial charge < -0.3 is 24.0 Å². The van der Waals surface area contributed by atoms with Gasteiger partial charge in [-0.25, -0.2) is 14.2 Å². The van der Waals surface area contributed by atoms with Crippen LogP contribution in [0.4, 0.5) is 9.18 Å². The van der Waals surface area contributed by atoms with Gasteiger partial charge in [-0.15, -0.1) is 11.3 Å². The number of ether oxygens (including phenoxy) is 3. The van der Waals surface area contributed by atoms with Crippen molar-refractivity contribution in [3.63, 3.8) is 0 Å². The summed E-state index contributed by atoms with van der Waals surface area (Å²) in [5, 5.41) is 2.61. The van der Waals surface area contributed by atoms with E-state index in [0.717, 1.165) is 22.6 Å². The van der Waals surface area contributed by atoms with E-state index in [2.05, 4.69) is 9.88 Å². The van der Waals surface area contributed by atoms with Gasteiger partial charge in [0, 0.05) is 44.6 Å². The molecule has 2 amide bonds. The number of nitrogens with zero attached hydrogens (tertiary/aromatic N) is 4. The summed E-state index contributed by atoms with van der Waals surface area (Å²) >= 11 is 1.45. The van der Waals surface area contributed by atoms with Crippen molar-refractivity contribution in [1.82, 2.24) is 19.7 Å². The Morgan fingerprint density at radius 3 is 2.30 bits per heavy atom. The smallest absolute Gasteiger partial charge is 0.409 e. The topological polar surface area (TPSA) is 84.4 Å². The van der Waals surface area contributed by atoms with Crippen LogP contribution in [0.5, 0.6) is 11.5 Å². The first-order valence-corrected chi connectivity index (χ1v) is 14.1. The number of carbonyl (C=O) groups is 2. The quantitative estimate of drug-likeness (QED) is 0.337.